The van der Waals surface area contributed by atoms with E-state index >= 15 is 0 Å². The summed E-state index contributed by atoms with van der Waals surface area (Å²) in [7, 11) is 2.55. The molecule has 1 aromatic carbocycles. The van der Waals surface area contributed by atoms with E-state index < -0.39 is 11.9 Å². The lowest BCUT2D eigenvalue weighted by Gasteiger charge is -2.13. The number of aliphatic hydroxyl groups excluding tert-OH is 1. The molecule has 0 amide bonds. The van der Waals surface area contributed by atoms with Crippen molar-refractivity contribution in [1.29, 1.82) is 0 Å². The predicted octanol–water partition coefficient (Wildman–Crippen LogP) is 2.02. The Balaban J connectivity index is 2.73. The first-order valence-electron chi connectivity index (χ1n) is 7.05. The maximum absolute atomic E-state index is 11.7. The van der Waals surface area contributed by atoms with Crippen LogP contribution < -0.4 is 0 Å². The van der Waals surface area contributed by atoms with Gasteiger partial charge >= 0.3 is 11.9 Å². The Morgan fingerprint density at radius 3 is 2.23 bits per heavy atom. The fourth-order valence-corrected chi connectivity index (χ4v) is 2.16. The first-order chi connectivity index (χ1) is 10.5. The number of esters is 2. The molecule has 0 saturated heterocycles. The van der Waals surface area contributed by atoms with Crippen LogP contribution in [0.15, 0.2) is 35.9 Å². The average molecular weight is 306 g/mol. The number of hydrogen-bond acceptors (Lipinski definition) is 5. The van der Waals surface area contributed by atoms with Crippen molar-refractivity contribution in [3.8, 4) is 0 Å². The Morgan fingerprint density at radius 2 is 1.73 bits per heavy atom. The number of hydrogen-bond donors (Lipinski definition) is 1. The second-order valence-electron chi connectivity index (χ2n) is 5.17. The van der Waals surface area contributed by atoms with Gasteiger partial charge < -0.3 is 14.6 Å². The molecule has 1 N–H and O–H groups in total. The van der Waals surface area contributed by atoms with Crippen LogP contribution >= 0.6 is 0 Å². The summed E-state index contributed by atoms with van der Waals surface area (Å²) in [6.45, 7) is 2.01. The average Bonchev–Trinajstić information content (AvgIpc) is 2.53. The number of rotatable bonds is 7. The summed E-state index contributed by atoms with van der Waals surface area (Å²) in [5.74, 6) is -0.942. The van der Waals surface area contributed by atoms with Gasteiger partial charge in [0.2, 0.25) is 0 Å². The maximum atomic E-state index is 11.7. The molecule has 120 valence electrons. The van der Waals surface area contributed by atoms with E-state index in [2.05, 4.69) is 4.74 Å². The lowest BCUT2D eigenvalue weighted by Crippen LogP contribution is -2.12. The van der Waals surface area contributed by atoms with Gasteiger partial charge in [-0.1, -0.05) is 31.2 Å². The van der Waals surface area contributed by atoms with Crippen molar-refractivity contribution < 1.29 is 24.2 Å². The zero-order valence-electron chi connectivity index (χ0n) is 13.2. The molecule has 0 heterocycles. The Labute approximate surface area is 130 Å². The number of methoxy groups -OCH3 is 2. The van der Waals surface area contributed by atoms with Crippen LogP contribution in [-0.4, -0.2) is 31.3 Å². The number of carbonyl (C=O) groups is 2. The minimum Gasteiger partial charge on any atom is -0.466 e. The van der Waals surface area contributed by atoms with Crippen LogP contribution in [-0.2, 0) is 32.1 Å². The Kier molecular flexibility index (Phi) is 7.32. The normalized spacial score (nSPS) is 12.6. The maximum Gasteiger partial charge on any atom is 0.333 e. The third kappa shape index (κ3) is 5.69. The number of aliphatic hydroxyl groups is 1. The highest BCUT2D eigenvalue weighted by Crippen LogP contribution is 2.18. The molecule has 0 fully saturated rings. The third-order valence-corrected chi connectivity index (χ3v) is 3.30. The van der Waals surface area contributed by atoms with Crippen molar-refractivity contribution in [3.05, 3.63) is 47.0 Å². The Morgan fingerprint density at radius 1 is 1.14 bits per heavy atom. The van der Waals surface area contributed by atoms with Gasteiger partial charge in [0.1, 0.15) is 0 Å². The van der Waals surface area contributed by atoms with Gasteiger partial charge in [-0.25, -0.2) is 9.59 Å². The molecule has 1 unspecified atom stereocenters. The Hall–Kier alpha value is -2.14. The highest BCUT2D eigenvalue weighted by atomic mass is 16.5. The lowest BCUT2D eigenvalue weighted by atomic mass is 9.93. The number of carbonyl (C=O) groups excluding carboxylic acids is 2. The van der Waals surface area contributed by atoms with Gasteiger partial charge in [0.15, 0.2) is 0 Å². The second kappa shape index (κ2) is 9.00. The minimum atomic E-state index is -0.570. The molecule has 0 aromatic heterocycles. The molecule has 0 radical (unpaired) electrons. The zero-order chi connectivity index (χ0) is 16.5. The summed E-state index contributed by atoms with van der Waals surface area (Å²) in [5, 5.41) is 9.02. The molecule has 1 atom stereocenters. The van der Waals surface area contributed by atoms with Gasteiger partial charge in [0, 0.05) is 11.6 Å². The lowest BCUT2D eigenvalue weighted by molar-refractivity contribution is -0.138. The van der Waals surface area contributed by atoms with Crippen LogP contribution in [0.3, 0.4) is 0 Å². The summed E-state index contributed by atoms with van der Waals surface area (Å²) in [6, 6.07) is 7.63. The SMILES string of the molecule is COC(=O)/C=C(/CC(C)Cc1ccc(CO)cc1)C(=O)OC. The predicted molar refractivity (Wildman–Crippen MR) is 82.0 cm³/mol. The minimum absolute atomic E-state index is 0.0180. The molecule has 5 heteroatoms. The molecule has 0 spiro atoms. The van der Waals surface area contributed by atoms with Crippen LogP contribution in [0.2, 0.25) is 0 Å². The quantitative estimate of drug-likeness (QED) is 0.616. The fraction of sp³-hybridized carbons (Fsp3) is 0.412. The zero-order valence-corrected chi connectivity index (χ0v) is 13.2. The first-order valence-corrected chi connectivity index (χ1v) is 7.05. The van der Waals surface area contributed by atoms with E-state index in [0.29, 0.717) is 12.0 Å². The van der Waals surface area contributed by atoms with Crippen molar-refractivity contribution >= 4 is 11.9 Å². The molecule has 0 aliphatic heterocycles. The molecule has 5 nitrogen and oxygen atoms in total. The van der Waals surface area contributed by atoms with Crippen molar-refractivity contribution in [2.24, 2.45) is 5.92 Å². The molecular weight excluding hydrogens is 284 g/mol. The van der Waals surface area contributed by atoms with Crippen LogP contribution in [0.25, 0.3) is 0 Å². The second-order valence-corrected chi connectivity index (χ2v) is 5.17. The highest BCUT2D eigenvalue weighted by molar-refractivity contribution is 5.96. The van der Waals surface area contributed by atoms with Crippen molar-refractivity contribution in [1.82, 2.24) is 0 Å². The summed E-state index contributed by atoms with van der Waals surface area (Å²) in [5.41, 5.74) is 2.26. The molecule has 0 aliphatic carbocycles. The van der Waals surface area contributed by atoms with E-state index in [0.717, 1.165) is 17.5 Å². The van der Waals surface area contributed by atoms with Gasteiger partial charge in [-0.05, 0) is 29.9 Å². The molecule has 0 saturated carbocycles. The fourth-order valence-electron chi connectivity index (χ4n) is 2.16. The summed E-state index contributed by atoms with van der Waals surface area (Å²) in [4.78, 5) is 23.0. The molecule has 1 aromatic rings. The summed E-state index contributed by atoms with van der Waals surface area (Å²) in [6.07, 6.45) is 2.35. The largest absolute Gasteiger partial charge is 0.466 e. The van der Waals surface area contributed by atoms with E-state index in [1.165, 1.54) is 20.3 Å². The summed E-state index contributed by atoms with van der Waals surface area (Å²) >= 11 is 0. The van der Waals surface area contributed by atoms with Crippen molar-refractivity contribution in [3.63, 3.8) is 0 Å². The number of benzene rings is 1. The van der Waals surface area contributed by atoms with Crippen LogP contribution in [0, 0.1) is 5.92 Å². The van der Waals surface area contributed by atoms with Crippen molar-refractivity contribution in [2.45, 2.75) is 26.4 Å². The standard InChI is InChI=1S/C17H22O5/c1-12(8-13-4-6-14(11-18)7-5-13)9-15(17(20)22-3)10-16(19)21-2/h4-7,10,12,18H,8-9,11H2,1-3H3/b15-10-. The molecule has 0 aliphatic rings. The smallest absolute Gasteiger partial charge is 0.333 e. The van der Waals surface area contributed by atoms with Gasteiger partial charge in [-0.2, -0.15) is 0 Å². The van der Waals surface area contributed by atoms with Crippen molar-refractivity contribution in [2.75, 3.05) is 14.2 Å². The van der Waals surface area contributed by atoms with Gasteiger partial charge in [0.25, 0.3) is 0 Å². The van der Waals surface area contributed by atoms with Crippen LogP contribution in [0.5, 0.6) is 0 Å². The van der Waals surface area contributed by atoms with Gasteiger partial charge in [-0.3, -0.25) is 0 Å². The topological polar surface area (TPSA) is 72.8 Å². The van der Waals surface area contributed by atoms with E-state index in [-0.39, 0.29) is 12.5 Å². The number of ether oxygens (including phenoxy) is 2. The van der Waals surface area contributed by atoms with E-state index in [1.54, 1.807) is 0 Å². The molecule has 22 heavy (non-hydrogen) atoms. The van der Waals surface area contributed by atoms with E-state index in [4.69, 9.17) is 9.84 Å². The van der Waals surface area contributed by atoms with E-state index in [1.807, 2.05) is 31.2 Å². The monoisotopic (exact) mass is 306 g/mol. The Bertz CT molecular complexity index is 530. The molecule has 0 bridgehead atoms. The van der Waals surface area contributed by atoms with Gasteiger partial charge in [0.05, 0.1) is 20.8 Å². The third-order valence-electron chi connectivity index (χ3n) is 3.30. The van der Waals surface area contributed by atoms with E-state index in [9.17, 15) is 9.59 Å². The first kappa shape index (κ1) is 17.9. The van der Waals surface area contributed by atoms with Crippen LogP contribution in [0.1, 0.15) is 24.5 Å². The van der Waals surface area contributed by atoms with Crippen LogP contribution in [0.4, 0.5) is 0 Å². The molecular formula is C17H22O5. The molecule has 1 rings (SSSR count). The highest BCUT2D eigenvalue weighted by Gasteiger charge is 2.16. The van der Waals surface area contributed by atoms with Gasteiger partial charge in [-0.15, -0.1) is 0 Å². The summed E-state index contributed by atoms with van der Waals surface area (Å²) < 4.78 is 9.25.